The summed E-state index contributed by atoms with van der Waals surface area (Å²) in [6, 6.07) is 20.1. The normalized spacial score (nSPS) is 14.2. The van der Waals surface area contributed by atoms with Gasteiger partial charge >= 0.3 is 0 Å². The molecule has 0 N–H and O–H groups in total. The van der Waals surface area contributed by atoms with Crippen LogP contribution in [0, 0.1) is 0 Å². The number of amides is 1. The number of nitrogens with zero attached hydrogens (tertiary/aromatic N) is 2. The molecule has 32 heavy (non-hydrogen) atoms. The number of hydrogen-bond acceptors (Lipinski definition) is 3. The van der Waals surface area contributed by atoms with Crippen LogP contribution < -0.4 is 9.47 Å². The van der Waals surface area contributed by atoms with Gasteiger partial charge in [0.15, 0.2) is 0 Å². The van der Waals surface area contributed by atoms with Crippen molar-refractivity contribution in [1.29, 1.82) is 0 Å². The third-order valence-electron chi connectivity index (χ3n) is 6.34. The molecule has 5 heteroatoms. The van der Waals surface area contributed by atoms with E-state index in [2.05, 4.69) is 39.9 Å². The Kier molecular flexibility index (Phi) is 7.15. The van der Waals surface area contributed by atoms with Crippen LogP contribution in [-0.4, -0.2) is 35.6 Å². The molecule has 0 atom stereocenters. The highest BCUT2D eigenvalue weighted by Gasteiger charge is 2.27. The molecular formula is C27H32N2O3. The van der Waals surface area contributed by atoms with Crippen molar-refractivity contribution >= 4 is 5.91 Å². The molecule has 0 spiro atoms. The Morgan fingerprint density at radius 2 is 1.66 bits per heavy atom. The fraction of sp³-hybridized carbons (Fsp3) is 0.370. The summed E-state index contributed by atoms with van der Waals surface area (Å²) in [7, 11) is 3.32. The summed E-state index contributed by atoms with van der Waals surface area (Å²) in [4.78, 5) is 15.7. The average Bonchev–Trinajstić information content (AvgIpc) is 3.29. The maximum absolute atomic E-state index is 13.6. The van der Waals surface area contributed by atoms with E-state index >= 15 is 0 Å². The predicted octanol–water partition coefficient (Wildman–Crippen LogP) is 5.53. The lowest BCUT2D eigenvalue weighted by Gasteiger charge is -2.35. The van der Waals surface area contributed by atoms with E-state index in [4.69, 9.17) is 9.47 Å². The molecule has 1 fully saturated rings. The summed E-state index contributed by atoms with van der Waals surface area (Å²) in [6.45, 7) is 1.34. The summed E-state index contributed by atoms with van der Waals surface area (Å²) >= 11 is 0. The number of benzene rings is 2. The van der Waals surface area contributed by atoms with Gasteiger partial charge in [0.1, 0.15) is 11.5 Å². The van der Waals surface area contributed by atoms with Gasteiger partial charge in [-0.2, -0.15) is 0 Å². The van der Waals surface area contributed by atoms with Crippen molar-refractivity contribution in [3.63, 3.8) is 0 Å². The van der Waals surface area contributed by atoms with E-state index in [1.165, 1.54) is 24.8 Å². The summed E-state index contributed by atoms with van der Waals surface area (Å²) in [5.74, 6) is 1.64. The summed E-state index contributed by atoms with van der Waals surface area (Å²) in [5.41, 5.74) is 2.99. The molecule has 1 heterocycles. The number of ether oxygens (including phenoxy) is 2. The standard InChI is InChI=1S/C27H32N2O3/c1-31-25-14-6-9-21(17-25)19-28-16-8-13-24(28)20-29(23-11-4-3-5-12-23)27(30)22-10-7-15-26(18-22)32-2/h6-10,13-18,23H,3-5,11-12,19-20H2,1-2H3. The van der Waals surface area contributed by atoms with Crippen LogP contribution in [0.15, 0.2) is 66.9 Å². The number of aromatic nitrogens is 1. The minimum atomic E-state index is 0.0740. The van der Waals surface area contributed by atoms with Gasteiger partial charge in [-0.25, -0.2) is 0 Å². The lowest BCUT2D eigenvalue weighted by molar-refractivity contribution is 0.0608. The van der Waals surface area contributed by atoms with E-state index < -0.39 is 0 Å². The van der Waals surface area contributed by atoms with E-state index in [0.29, 0.717) is 17.9 Å². The topological polar surface area (TPSA) is 43.7 Å². The fourth-order valence-electron chi connectivity index (χ4n) is 4.57. The average molecular weight is 433 g/mol. The first-order valence-corrected chi connectivity index (χ1v) is 11.4. The number of carbonyl (C=O) groups is 1. The first-order chi connectivity index (χ1) is 15.7. The van der Waals surface area contributed by atoms with Gasteiger partial charge in [0.25, 0.3) is 5.91 Å². The molecule has 0 saturated heterocycles. The zero-order valence-electron chi connectivity index (χ0n) is 19.0. The van der Waals surface area contributed by atoms with Crippen LogP contribution in [-0.2, 0) is 13.1 Å². The smallest absolute Gasteiger partial charge is 0.254 e. The summed E-state index contributed by atoms with van der Waals surface area (Å²) in [6.07, 6.45) is 7.82. The first kappa shape index (κ1) is 22.0. The van der Waals surface area contributed by atoms with Crippen molar-refractivity contribution in [1.82, 2.24) is 9.47 Å². The molecular weight excluding hydrogens is 400 g/mol. The van der Waals surface area contributed by atoms with Gasteiger partial charge in [-0.05, 0) is 60.9 Å². The van der Waals surface area contributed by atoms with Gasteiger partial charge in [-0.1, -0.05) is 37.5 Å². The minimum Gasteiger partial charge on any atom is -0.497 e. The molecule has 0 aliphatic heterocycles. The Morgan fingerprint density at radius 3 is 2.41 bits per heavy atom. The Balaban J connectivity index is 1.59. The van der Waals surface area contributed by atoms with Crippen LogP contribution in [0.3, 0.4) is 0 Å². The van der Waals surface area contributed by atoms with Gasteiger partial charge in [0.2, 0.25) is 0 Å². The Bertz CT molecular complexity index is 1040. The Labute approximate surface area is 190 Å². The highest BCUT2D eigenvalue weighted by Crippen LogP contribution is 2.27. The molecule has 3 aromatic rings. The fourth-order valence-corrected chi connectivity index (χ4v) is 4.57. The molecule has 5 nitrogen and oxygen atoms in total. The van der Waals surface area contributed by atoms with Crippen LogP contribution in [0.4, 0.5) is 0 Å². The van der Waals surface area contributed by atoms with E-state index in [1.807, 2.05) is 36.4 Å². The SMILES string of the molecule is COc1cccc(Cn2cccc2CN(C(=O)c2cccc(OC)c2)C2CCCCC2)c1. The number of rotatable bonds is 8. The molecule has 1 aliphatic carbocycles. The molecule has 1 aliphatic rings. The van der Waals surface area contributed by atoms with Crippen LogP contribution in [0.2, 0.25) is 0 Å². The van der Waals surface area contributed by atoms with Crippen LogP contribution in [0.5, 0.6) is 11.5 Å². The lowest BCUT2D eigenvalue weighted by atomic mass is 9.93. The van der Waals surface area contributed by atoms with E-state index in [0.717, 1.165) is 30.8 Å². The quantitative estimate of drug-likeness (QED) is 0.470. The van der Waals surface area contributed by atoms with Crippen molar-refractivity contribution in [3.8, 4) is 11.5 Å². The number of hydrogen-bond donors (Lipinski definition) is 0. The zero-order valence-corrected chi connectivity index (χ0v) is 19.0. The molecule has 1 saturated carbocycles. The third-order valence-corrected chi connectivity index (χ3v) is 6.34. The Hall–Kier alpha value is -3.21. The van der Waals surface area contributed by atoms with Gasteiger partial charge < -0.3 is 18.9 Å². The molecule has 1 aromatic heterocycles. The van der Waals surface area contributed by atoms with Crippen molar-refractivity contribution in [3.05, 3.63) is 83.7 Å². The molecule has 2 aromatic carbocycles. The largest absolute Gasteiger partial charge is 0.497 e. The van der Waals surface area contributed by atoms with Crippen LogP contribution in [0.25, 0.3) is 0 Å². The molecule has 4 rings (SSSR count). The second-order valence-corrected chi connectivity index (χ2v) is 8.44. The van der Waals surface area contributed by atoms with Crippen LogP contribution >= 0.6 is 0 Å². The lowest BCUT2D eigenvalue weighted by Crippen LogP contribution is -2.41. The number of methoxy groups -OCH3 is 2. The van der Waals surface area contributed by atoms with Gasteiger partial charge in [-0.3, -0.25) is 4.79 Å². The van der Waals surface area contributed by atoms with E-state index in [-0.39, 0.29) is 11.9 Å². The van der Waals surface area contributed by atoms with Gasteiger partial charge in [0.05, 0.1) is 20.8 Å². The predicted molar refractivity (Wildman–Crippen MR) is 126 cm³/mol. The Morgan fingerprint density at radius 1 is 0.938 bits per heavy atom. The van der Waals surface area contributed by atoms with Crippen LogP contribution in [0.1, 0.15) is 53.7 Å². The molecule has 168 valence electrons. The molecule has 0 radical (unpaired) electrons. The third kappa shape index (κ3) is 5.16. The monoisotopic (exact) mass is 432 g/mol. The minimum absolute atomic E-state index is 0.0740. The van der Waals surface area contributed by atoms with Crippen molar-refractivity contribution in [2.75, 3.05) is 14.2 Å². The molecule has 0 bridgehead atoms. The zero-order chi connectivity index (χ0) is 22.3. The number of carbonyl (C=O) groups excluding carboxylic acids is 1. The second kappa shape index (κ2) is 10.4. The molecule has 1 amide bonds. The van der Waals surface area contributed by atoms with Gasteiger partial charge in [0, 0.05) is 30.0 Å². The molecule has 0 unspecified atom stereocenters. The van der Waals surface area contributed by atoms with Crippen molar-refractivity contribution < 1.29 is 14.3 Å². The van der Waals surface area contributed by atoms with E-state index in [9.17, 15) is 4.79 Å². The van der Waals surface area contributed by atoms with Crippen molar-refractivity contribution in [2.24, 2.45) is 0 Å². The maximum atomic E-state index is 13.6. The highest BCUT2D eigenvalue weighted by atomic mass is 16.5. The first-order valence-electron chi connectivity index (χ1n) is 11.4. The van der Waals surface area contributed by atoms with Crippen molar-refractivity contribution in [2.45, 2.75) is 51.2 Å². The second-order valence-electron chi connectivity index (χ2n) is 8.44. The summed E-state index contributed by atoms with van der Waals surface area (Å²) < 4.78 is 13.0. The maximum Gasteiger partial charge on any atom is 0.254 e. The van der Waals surface area contributed by atoms with E-state index in [1.54, 1.807) is 14.2 Å². The highest BCUT2D eigenvalue weighted by molar-refractivity contribution is 5.94. The summed E-state index contributed by atoms with van der Waals surface area (Å²) in [5, 5.41) is 0. The van der Waals surface area contributed by atoms with Gasteiger partial charge in [-0.15, -0.1) is 0 Å².